The van der Waals surface area contributed by atoms with Crippen LogP contribution in [0.5, 0.6) is 0 Å². The number of rotatable bonds is 4. The number of nitrogens with zero attached hydrogens (tertiary/aromatic N) is 3. The molecule has 4 aromatic rings. The van der Waals surface area contributed by atoms with Gasteiger partial charge in [0, 0.05) is 16.8 Å². The molecule has 0 saturated carbocycles. The molecule has 1 N–H and O–H groups in total. The molecule has 4 rings (SSSR count). The van der Waals surface area contributed by atoms with Gasteiger partial charge < -0.3 is 5.32 Å². The van der Waals surface area contributed by atoms with Gasteiger partial charge in [-0.15, -0.1) is 10.2 Å². The predicted octanol–water partition coefficient (Wildman–Crippen LogP) is 5.43. The Bertz CT molecular complexity index is 1090. The lowest BCUT2D eigenvalue weighted by molar-refractivity contribution is 1.04. The minimum atomic E-state index is 0.447. The first-order valence-electron chi connectivity index (χ1n) is 8.60. The third-order valence-corrected chi connectivity index (χ3v) is 4.23. The molecule has 0 atom stereocenters. The highest BCUT2D eigenvalue weighted by Crippen LogP contribution is 2.36. The molecule has 4 nitrogen and oxygen atoms in total. The zero-order valence-electron chi connectivity index (χ0n) is 14.5. The van der Waals surface area contributed by atoms with Gasteiger partial charge in [0.25, 0.3) is 0 Å². The van der Waals surface area contributed by atoms with Crippen molar-refractivity contribution in [2.24, 2.45) is 0 Å². The first-order valence-corrected chi connectivity index (χ1v) is 8.60. The molecule has 27 heavy (non-hydrogen) atoms. The number of hydrogen-bond acceptors (Lipinski definition) is 4. The molecule has 128 valence electrons. The Morgan fingerprint density at radius 3 is 1.81 bits per heavy atom. The first kappa shape index (κ1) is 16.5. The minimum absolute atomic E-state index is 0.447. The second-order valence-corrected chi connectivity index (χ2v) is 5.98. The van der Waals surface area contributed by atoms with E-state index in [1.165, 1.54) is 0 Å². The predicted molar refractivity (Wildman–Crippen MR) is 107 cm³/mol. The van der Waals surface area contributed by atoms with Crippen LogP contribution in [-0.2, 0) is 0 Å². The highest BCUT2D eigenvalue weighted by atomic mass is 15.2. The molecule has 0 amide bonds. The largest absolute Gasteiger partial charge is 0.338 e. The van der Waals surface area contributed by atoms with Gasteiger partial charge in [0.1, 0.15) is 17.3 Å². The van der Waals surface area contributed by atoms with Crippen LogP contribution in [-0.4, -0.2) is 10.2 Å². The fourth-order valence-corrected chi connectivity index (χ4v) is 2.98. The maximum absolute atomic E-state index is 9.95. The van der Waals surface area contributed by atoms with Gasteiger partial charge in [-0.2, -0.15) is 5.26 Å². The zero-order chi connectivity index (χ0) is 18.5. The second kappa shape index (κ2) is 7.51. The van der Waals surface area contributed by atoms with E-state index in [9.17, 15) is 5.26 Å². The summed E-state index contributed by atoms with van der Waals surface area (Å²) < 4.78 is 0. The van der Waals surface area contributed by atoms with Crippen LogP contribution in [0.3, 0.4) is 0 Å². The van der Waals surface area contributed by atoms with Gasteiger partial charge in [-0.1, -0.05) is 78.9 Å². The zero-order valence-corrected chi connectivity index (χ0v) is 14.5. The van der Waals surface area contributed by atoms with Gasteiger partial charge in [0.05, 0.1) is 0 Å². The maximum Gasteiger partial charge on any atom is 0.171 e. The van der Waals surface area contributed by atoms with Crippen molar-refractivity contribution in [2.75, 3.05) is 5.32 Å². The summed E-state index contributed by atoms with van der Waals surface area (Å²) in [4.78, 5) is 0. The van der Waals surface area contributed by atoms with E-state index in [-0.39, 0.29) is 0 Å². The van der Waals surface area contributed by atoms with Gasteiger partial charge in [0.15, 0.2) is 5.82 Å². The van der Waals surface area contributed by atoms with E-state index in [1.54, 1.807) is 0 Å². The Balaban J connectivity index is 1.93. The number of hydrogen-bond donors (Lipinski definition) is 1. The summed E-state index contributed by atoms with van der Waals surface area (Å²) in [5.74, 6) is 0.447. The molecule has 0 radical (unpaired) electrons. The average molecular weight is 348 g/mol. The first-order chi connectivity index (χ1) is 13.4. The van der Waals surface area contributed by atoms with E-state index >= 15 is 0 Å². The Hall–Kier alpha value is -3.97. The van der Waals surface area contributed by atoms with Gasteiger partial charge in [-0.25, -0.2) is 0 Å². The topological polar surface area (TPSA) is 61.6 Å². The fourth-order valence-electron chi connectivity index (χ4n) is 2.98. The summed E-state index contributed by atoms with van der Waals surface area (Å²) in [6, 6.07) is 31.6. The Morgan fingerprint density at radius 1 is 0.667 bits per heavy atom. The van der Waals surface area contributed by atoms with E-state index < -0.39 is 0 Å². The fraction of sp³-hybridized carbons (Fsp3) is 0. The van der Waals surface area contributed by atoms with Crippen LogP contribution in [0, 0.1) is 11.3 Å². The lowest BCUT2D eigenvalue weighted by Gasteiger charge is -2.14. The standard InChI is InChI=1S/C23H16N4/c24-16-20-21(17-10-4-1-5-11-17)22(18-12-6-2-7-13-18)26-27-23(20)25-19-14-8-3-9-15-19/h1-15H,(H,25,27). The van der Waals surface area contributed by atoms with Crippen LogP contribution < -0.4 is 5.32 Å². The van der Waals surface area contributed by atoms with Crippen molar-refractivity contribution in [1.29, 1.82) is 5.26 Å². The van der Waals surface area contributed by atoms with Gasteiger partial charge >= 0.3 is 0 Å². The van der Waals surface area contributed by atoms with E-state index in [4.69, 9.17) is 0 Å². The van der Waals surface area contributed by atoms with Crippen LogP contribution in [0.2, 0.25) is 0 Å². The number of para-hydroxylation sites is 1. The van der Waals surface area contributed by atoms with Crippen molar-refractivity contribution >= 4 is 11.5 Å². The third kappa shape index (κ3) is 3.39. The van der Waals surface area contributed by atoms with E-state index in [0.29, 0.717) is 17.1 Å². The normalized spacial score (nSPS) is 10.2. The number of aromatic nitrogens is 2. The molecular weight excluding hydrogens is 332 g/mol. The number of anilines is 2. The van der Waals surface area contributed by atoms with Crippen molar-refractivity contribution in [3.63, 3.8) is 0 Å². The lowest BCUT2D eigenvalue weighted by Crippen LogP contribution is -2.04. The van der Waals surface area contributed by atoms with Crippen molar-refractivity contribution in [3.8, 4) is 28.5 Å². The molecular formula is C23H16N4. The van der Waals surface area contributed by atoms with Crippen LogP contribution >= 0.6 is 0 Å². The molecule has 0 saturated heterocycles. The third-order valence-electron chi connectivity index (χ3n) is 4.23. The van der Waals surface area contributed by atoms with Crippen LogP contribution in [0.25, 0.3) is 22.4 Å². The summed E-state index contributed by atoms with van der Waals surface area (Å²) in [5, 5.41) is 22.0. The van der Waals surface area contributed by atoms with E-state index in [2.05, 4.69) is 21.6 Å². The molecule has 0 aliphatic rings. The number of nitriles is 1. The van der Waals surface area contributed by atoms with Crippen molar-refractivity contribution in [1.82, 2.24) is 10.2 Å². The Labute approximate surface area is 157 Å². The van der Waals surface area contributed by atoms with Crippen LogP contribution in [0.1, 0.15) is 5.56 Å². The summed E-state index contributed by atoms with van der Waals surface area (Å²) in [6.45, 7) is 0. The highest BCUT2D eigenvalue weighted by Gasteiger charge is 2.19. The molecule has 3 aromatic carbocycles. The number of benzene rings is 3. The monoisotopic (exact) mass is 348 g/mol. The lowest BCUT2D eigenvalue weighted by atomic mass is 9.95. The van der Waals surface area contributed by atoms with Gasteiger partial charge in [-0.05, 0) is 17.7 Å². The van der Waals surface area contributed by atoms with Gasteiger partial charge in [-0.3, -0.25) is 0 Å². The van der Waals surface area contributed by atoms with Crippen molar-refractivity contribution in [3.05, 3.63) is 96.6 Å². The Morgan fingerprint density at radius 2 is 1.22 bits per heavy atom. The van der Waals surface area contributed by atoms with Crippen molar-refractivity contribution < 1.29 is 0 Å². The van der Waals surface area contributed by atoms with Crippen LogP contribution in [0.4, 0.5) is 11.5 Å². The molecule has 4 heteroatoms. The second-order valence-electron chi connectivity index (χ2n) is 5.98. The molecule has 1 aromatic heterocycles. The summed E-state index contributed by atoms with van der Waals surface area (Å²) in [7, 11) is 0. The Kier molecular flexibility index (Phi) is 4.59. The molecule has 0 unspecified atom stereocenters. The van der Waals surface area contributed by atoms with E-state index in [1.807, 2.05) is 91.0 Å². The molecule has 1 heterocycles. The summed E-state index contributed by atoms with van der Waals surface area (Å²) in [6.07, 6.45) is 0. The molecule has 0 fully saturated rings. The molecule has 0 spiro atoms. The molecule has 0 bridgehead atoms. The van der Waals surface area contributed by atoms with Crippen molar-refractivity contribution in [2.45, 2.75) is 0 Å². The summed E-state index contributed by atoms with van der Waals surface area (Å²) in [5.41, 5.74) is 4.65. The van der Waals surface area contributed by atoms with Gasteiger partial charge in [0.2, 0.25) is 0 Å². The molecule has 0 aliphatic carbocycles. The molecule has 0 aliphatic heterocycles. The smallest absolute Gasteiger partial charge is 0.171 e. The number of nitrogens with one attached hydrogen (secondary N) is 1. The quantitative estimate of drug-likeness (QED) is 0.534. The van der Waals surface area contributed by atoms with Crippen LogP contribution in [0.15, 0.2) is 91.0 Å². The van der Waals surface area contributed by atoms with E-state index in [0.717, 1.165) is 22.4 Å². The maximum atomic E-state index is 9.95. The minimum Gasteiger partial charge on any atom is -0.338 e. The SMILES string of the molecule is N#Cc1c(Nc2ccccc2)nnc(-c2ccccc2)c1-c1ccccc1. The summed E-state index contributed by atoms with van der Waals surface area (Å²) >= 11 is 0. The highest BCUT2D eigenvalue weighted by molar-refractivity contribution is 5.88. The average Bonchev–Trinajstić information content (AvgIpc) is 2.75.